The average Bonchev–Trinajstić information content (AvgIpc) is 2.26. The van der Waals surface area contributed by atoms with Crippen molar-refractivity contribution in [1.82, 2.24) is 0 Å². The second kappa shape index (κ2) is 5.61. The number of hydrogen-bond acceptors (Lipinski definition) is 1. The number of rotatable bonds is 3. The van der Waals surface area contributed by atoms with E-state index in [1.54, 1.807) is 12.1 Å². The smallest absolute Gasteiger partial charge is 0.167 e. The van der Waals surface area contributed by atoms with E-state index in [1.165, 1.54) is 12.1 Å². The Hall–Kier alpha value is -1.55. The lowest BCUT2D eigenvalue weighted by molar-refractivity contribution is 0.0992. The Labute approximate surface area is 118 Å². The number of Topliss-reactive ketones (excluding diaryl/α,β-unsaturated/α-hetero) is 1. The van der Waals surface area contributed by atoms with Crippen LogP contribution in [0.3, 0.4) is 0 Å². The summed E-state index contributed by atoms with van der Waals surface area (Å²) in [5.74, 6) is -1.50. The number of carbonyl (C=O) groups is 1. The van der Waals surface area contributed by atoms with Gasteiger partial charge in [0.2, 0.25) is 0 Å². The molecule has 98 valence electrons. The minimum Gasteiger partial charge on any atom is -0.294 e. The molecule has 0 aliphatic heterocycles. The second-order valence-corrected chi connectivity index (χ2v) is 5.25. The molecule has 0 aliphatic rings. The molecule has 0 aliphatic carbocycles. The van der Waals surface area contributed by atoms with Gasteiger partial charge in [-0.3, -0.25) is 4.79 Å². The maximum Gasteiger partial charge on any atom is 0.167 e. The summed E-state index contributed by atoms with van der Waals surface area (Å²) in [4.78, 5) is 12.1. The zero-order chi connectivity index (χ0) is 14.0. The van der Waals surface area contributed by atoms with Crippen LogP contribution in [0.1, 0.15) is 21.5 Å². The Bertz CT molecular complexity index is 618. The van der Waals surface area contributed by atoms with Crippen LogP contribution in [0.25, 0.3) is 0 Å². The van der Waals surface area contributed by atoms with Gasteiger partial charge in [0.05, 0.1) is 0 Å². The summed E-state index contributed by atoms with van der Waals surface area (Å²) in [5.41, 5.74) is 1.73. The van der Waals surface area contributed by atoms with Gasteiger partial charge in [0.1, 0.15) is 11.6 Å². The van der Waals surface area contributed by atoms with Crippen molar-refractivity contribution in [3.05, 3.63) is 69.2 Å². The molecule has 0 radical (unpaired) electrons. The van der Waals surface area contributed by atoms with Gasteiger partial charge in [-0.1, -0.05) is 22.0 Å². The molecular weight excluding hydrogens is 314 g/mol. The Morgan fingerprint density at radius 2 is 1.74 bits per heavy atom. The molecule has 0 amide bonds. The molecule has 0 bridgehead atoms. The second-order valence-electron chi connectivity index (χ2n) is 4.34. The van der Waals surface area contributed by atoms with Crippen LogP contribution in [0.5, 0.6) is 0 Å². The van der Waals surface area contributed by atoms with Crippen molar-refractivity contribution < 1.29 is 13.6 Å². The highest BCUT2D eigenvalue weighted by atomic mass is 79.9. The van der Waals surface area contributed by atoms with Gasteiger partial charge >= 0.3 is 0 Å². The zero-order valence-electron chi connectivity index (χ0n) is 10.2. The monoisotopic (exact) mass is 324 g/mol. The molecule has 0 unspecified atom stereocenters. The first-order valence-corrected chi connectivity index (χ1v) is 6.49. The lowest BCUT2D eigenvalue weighted by Gasteiger charge is -2.06. The van der Waals surface area contributed by atoms with Gasteiger partial charge in [0.25, 0.3) is 0 Å². The predicted molar refractivity (Wildman–Crippen MR) is 73.3 cm³/mol. The van der Waals surface area contributed by atoms with Crippen molar-refractivity contribution in [2.24, 2.45) is 0 Å². The highest BCUT2D eigenvalue weighted by Gasteiger charge is 2.11. The summed E-state index contributed by atoms with van der Waals surface area (Å²) in [6.45, 7) is 1.82. The first-order valence-electron chi connectivity index (χ1n) is 5.70. The first-order chi connectivity index (χ1) is 8.95. The molecule has 0 aromatic heterocycles. The van der Waals surface area contributed by atoms with E-state index in [-0.39, 0.29) is 12.2 Å². The lowest BCUT2D eigenvalue weighted by atomic mass is 9.99. The van der Waals surface area contributed by atoms with Crippen molar-refractivity contribution >= 4 is 21.7 Å². The molecule has 0 N–H and O–H groups in total. The van der Waals surface area contributed by atoms with Crippen LogP contribution < -0.4 is 0 Å². The van der Waals surface area contributed by atoms with Crippen LogP contribution in [-0.2, 0) is 6.42 Å². The topological polar surface area (TPSA) is 17.1 Å². The Morgan fingerprint density at radius 1 is 1.11 bits per heavy atom. The fourth-order valence-electron chi connectivity index (χ4n) is 1.93. The fourth-order valence-corrected chi connectivity index (χ4v) is 2.41. The Kier molecular flexibility index (Phi) is 4.10. The minimum absolute atomic E-state index is 0.0167. The summed E-state index contributed by atoms with van der Waals surface area (Å²) < 4.78 is 27.0. The highest BCUT2D eigenvalue weighted by Crippen LogP contribution is 2.18. The standard InChI is InChI=1S/C15H11BrF2O/c1-9-4-11(16)2-3-14(9)15(19)7-10-5-12(17)8-13(18)6-10/h2-6,8H,7H2,1H3. The number of hydrogen-bond donors (Lipinski definition) is 0. The molecule has 4 heteroatoms. The summed E-state index contributed by atoms with van der Waals surface area (Å²) in [6.07, 6.45) is -0.0167. The molecule has 0 saturated carbocycles. The SMILES string of the molecule is Cc1cc(Br)ccc1C(=O)Cc1cc(F)cc(F)c1. The third kappa shape index (κ3) is 3.47. The van der Waals surface area contributed by atoms with Gasteiger partial charge in [0.15, 0.2) is 5.78 Å². The van der Waals surface area contributed by atoms with E-state index in [2.05, 4.69) is 15.9 Å². The molecular formula is C15H11BrF2O. The summed E-state index contributed by atoms with van der Waals surface area (Å²) in [6, 6.07) is 8.45. The molecule has 2 aromatic rings. The normalized spacial score (nSPS) is 10.5. The van der Waals surface area contributed by atoms with Gasteiger partial charge in [-0.25, -0.2) is 8.78 Å². The van der Waals surface area contributed by atoms with Crippen LogP contribution >= 0.6 is 15.9 Å². The summed E-state index contributed by atoms with van der Waals surface area (Å²) >= 11 is 3.32. The van der Waals surface area contributed by atoms with Crippen molar-refractivity contribution in [3.63, 3.8) is 0 Å². The van der Waals surface area contributed by atoms with Gasteiger partial charge in [0, 0.05) is 22.5 Å². The van der Waals surface area contributed by atoms with Gasteiger partial charge in [-0.15, -0.1) is 0 Å². The number of benzene rings is 2. The number of carbonyl (C=O) groups excluding carboxylic acids is 1. The van der Waals surface area contributed by atoms with E-state index in [9.17, 15) is 13.6 Å². The molecule has 0 spiro atoms. The third-order valence-electron chi connectivity index (χ3n) is 2.78. The number of aryl methyl sites for hydroxylation is 1. The summed E-state index contributed by atoms with van der Waals surface area (Å²) in [5, 5.41) is 0. The van der Waals surface area contributed by atoms with Crippen molar-refractivity contribution in [3.8, 4) is 0 Å². The predicted octanol–water partition coefficient (Wildman–Crippen LogP) is 4.46. The van der Waals surface area contributed by atoms with Gasteiger partial charge in [-0.2, -0.15) is 0 Å². The van der Waals surface area contributed by atoms with Crippen LogP contribution in [0, 0.1) is 18.6 Å². The van der Waals surface area contributed by atoms with E-state index in [0.717, 1.165) is 16.1 Å². The van der Waals surface area contributed by atoms with E-state index in [4.69, 9.17) is 0 Å². The van der Waals surface area contributed by atoms with E-state index >= 15 is 0 Å². The lowest BCUT2D eigenvalue weighted by Crippen LogP contribution is -2.06. The van der Waals surface area contributed by atoms with Crippen molar-refractivity contribution in [1.29, 1.82) is 0 Å². The average molecular weight is 325 g/mol. The zero-order valence-corrected chi connectivity index (χ0v) is 11.8. The Balaban J connectivity index is 2.25. The molecule has 0 fully saturated rings. The molecule has 0 heterocycles. The molecule has 1 nitrogen and oxygen atoms in total. The van der Waals surface area contributed by atoms with Crippen LogP contribution in [-0.4, -0.2) is 5.78 Å². The highest BCUT2D eigenvalue weighted by molar-refractivity contribution is 9.10. The van der Waals surface area contributed by atoms with E-state index in [0.29, 0.717) is 11.1 Å². The van der Waals surface area contributed by atoms with Crippen LogP contribution in [0.2, 0.25) is 0 Å². The van der Waals surface area contributed by atoms with E-state index < -0.39 is 11.6 Å². The van der Waals surface area contributed by atoms with Gasteiger partial charge in [-0.05, 0) is 42.3 Å². The Morgan fingerprint density at radius 3 is 2.32 bits per heavy atom. The van der Waals surface area contributed by atoms with Crippen LogP contribution in [0.15, 0.2) is 40.9 Å². The fraction of sp³-hybridized carbons (Fsp3) is 0.133. The van der Waals surface area contributed by atoms with Crippen molar-refractivity contribution in [2.75, 3.05) is 0 Å². The summed E-state index contributed by atoms with van der Waals surface area (Å²) in [7, 11) is 0. The molecule has 0 saturated heterocycles. The maximum atomic E-state index is 13.1. The molecule has 2 rings (SSSR count). The largest absolute Gasteiger partial charge is 0.294 e. The minimum atomic E-state index is -0.671. The van der Waals surface area contributed by atoms with Crippen LogP contribution in [0.4, 0.5) is 8.78 Å². The number of halogens is 3. The first kappa shape index (κ1) is 13.9. The molecule has 2 aromatic carbocycles. The number of ketones is 1. The molecule has 19 heavy (non-hydrogen) atoms. The van der Waals surface area contributed by atoms with E-state index in [1.807, 2.05) is 13.0 Å². The quantitative estimate of drug-likeness (QED) is 0.762. The van der Waals surface area contributed by atoms with Gasteiger partial charge < -0.3 is 0 Å². The van der Waals surface area contributed by atoms with Crippen molar-refractivity contribution in [2.45, 2.75) is 13.3 Å². The molecule has 0 atom stereocenters. The third-order valence-corrected chi connectivity index (χ3v) is 3.27. The maximum absolute atomic E-state index is 13.1.